The van der Waals surface area contributed by atoms with Gasteiger partial charge in [-0.2, -0.15) is 0 Å². The first-order chi connectivity index (χ1) is 7.72. The molecule has 2 aliphatic rings. The summed E-state index contributed by atoms with van der Waals surface area (Å²) in [4.78, 5) is 14.3. The van der Waals surface area contributed by atoms with E-state index in [9.17, 15) is 4.79 Å². The lowest BCUT2D eigenvalue weighted by molar-refractivity contribution is -0.131. The predicted molar refractivity (Wildman–Crippen MR) is 62.0 cm³/mol. The fourth-order valence-electron chi connectivity index (χ4n) is 2.76. The van der Waals surface area contributed by atoms with Crippen LogP contribution in [0.3, 0.4) is 0 Å². The van der Waals surface area contributed by atoms with Gasteiger partial charge in [-0.05, 0) is 19.9 Å². The quantitative estimate of drug-likeness (QED) is 0.668. The Kier molecular flexibility index (Phi) is 3.63. The number of Topliss-reactive ketones (excluding diaryl/α,β-unsaturated/α-hetero) is 1. The van der Waals surface area contributed by atoms with E-state index in [0.29, 0.717) is 30.7 Å². The number of rotatable bonds is 3. The van der Waals surface area contributed by atoms with Gasteiger partial charge in [-0.25, -0.2) is 0 Å². The molecular formula is C13H19NO2. The van der Waals surface area contributed by atoms with Gasteiger partial charge >= 0.3 is 0 Å². The van der Waals surface area contributed by atoms with E-state index in [1.165, 1.54) is 0 Å². The van der Waals surface area contributed by atoms with Crippen molar-refractivity contribution in [1.82, 2.24) is 4.90 Å². The van der Waals surface area contributed by atoms with Crippen LogP contribution >= 0.6 is 0 Å². The molecule has 0 aromatic rings. The number of ether oxygens (including phenoxy) is 1. The average Bonchev–Trinajstić information content (AvgIpc) is 2.25. The van der Waals surface area contributed by atoms with Gasteiger partial charge in [-0.15, -0.1) is 12.3 Å². The van der Waals surface area contributed by atoms with E-state index in [4.69, 9.17) is 11.2 Å². The second-order valence-corrected chi connectivity index (χ2v) is 4.85. The minimum absolute atomic E-state index is 0.212. The molecule has 2 atom stereocenters. The smallest absolute Gasteiger partial charge is 0.137 e. The minimum Gasteiger partial charge on any atom is -0.378 e. The van der Waals surface area contributed by atoms with Gasteiger partial charge in [-0.1, -0.05) is 0 Å². The second-order valence-electron chi connectivity index (χ2n) is 4.85. The van der Waals surface area contributed by atoms with Crippen LogP contribution in [0.2, 0.25) is 0 Å². The molecule has 3 nitrogen and oxygen atoms in total. The zero-order chi connectivity index (χ0) is 11.5. The normalized spacial score (nSPS) is 34.4. The van der Waals surface area contributed by atoms with Crippen LogP contribution in [0.4, 0.5) is 0 Å². The molecule has 2 unspecified atom stereocenters. The third-order valence-corrected chi connectivity index (χ3v) is 3.86. The zero-order valence-corrected chi connectivity index (χ0v) is 9.82. The predicted octanol–water partition coefficient (Wildman–Crippen LogP) is 1.08. The Morgan fingerprint density at radius 2 is 2.06 bits per heavy atom. The van der Waals surface area contributed by atoms with E-state index in [2.05, 4.69) is 17.9 Å². The number of carbonyl (C=O) groups is 1. The van der Waals surface area contributed by atoms with Gasteiger partial charge in [0.05, 0.1) is 13.2 Å². The number of hydrogen-bond donors (Lipinski definition) is 0. The molecule has 3 heteroatoms. The molecule has 0 aromatic heterocycles. The molecule has 88 valence electrons. The summed E-state index contributed by atoms with van der Waals surface area (Å²) in [5.74, 6) is 3.10. The summed E-state index contributed by atoms with van der Waals surface area (Å²) in [5, 5.41) is 0. The van der Waals surface area contributed by atoms with Gasteiger partial charge in [-0.3, -0.25) is 9.69 Å². The highest BCUT2D eigenvalue weighted by molar-refractivity contribution is 5.81. The van der Waals surface area contributed by atoms with Crippen molar-refractivity contribution in [3.63, 3.8) is 0 Å². The Morgan fingerprint density at radius 3 is 2.62 bits per heavy atom. The third-order valence-electron chi connectivity index (χ3n) is 3.86. The maximum atomic E-state index is 11.9. The molecule has 2 fully saturated rings. The van der Waals surface area contributed by atoms with Crippen LogP contribution in [0.15, 0.2) is 0 Å². The Labute approximate surface area is 97.1 Å². The lowest BCUT2D eigenvalue weighted by atomic mass is 9.82. The van der Waals surface area contributed by atoms with Crippen LogP contribution in [-0.2, 0) is 9.53 Å². The van der Waals surface area contributed by atoms with Crippen LogP contribution in [0.1, 0.15) is 25.7 Å². The van der Waals surface area contributed by atoms with Gasteiger partial charge in [0, 0.05) is 30.8 Å². The standard InChI is InChI=1S/C13H19NO2/c1-3-4-5-13(15)10-6-11-8-16-9-12(7-10)14(11)2/h1,10-12H,4-9H2,2H3. The van der Waals surface area contributed by atoms with Crippen LogP contribution in [0.25, 0.3) is 0 Å². The zero-order valence-electron chi connectivity index (χ0n) is 9.82. The Bertz CT molecular complexity index is 294. The summed E-state index contributed by atoms with van der Waals surface area (Å²) in [7, 11) is 2.14. The summed E-state index contributed by atoms with van der Waals surface area (Å²) in [6.45, 7) is 1.54. The number of piperidine rings is 1. The van der Waals surface area contributed by atoms with E-state index < -0.39 is 0 Å². The highest BCUT2D eigenvalue weighted by Gasteiger charge is 2.38. The van der Waals surface area contributed by atoms with Crippen LogP contribution in [0, 0.1) is 18.3 Å². The maximum Gasteiger partial charge on any atom is 0.137 e. The van der Waals surface area contributed by atoms with Crippen molar-refractivity contribution >= 4 is 5.78 Å². The van der Waals surface area contributed by atoms with Crippen LogP contribution in [-0.4, -0.2) is 43.0 Å². The number of nitrogens with zero attached hydrogens (tertiary/aromatic N) is 1. The minimum atomic E-state index is 0.212. The highest BCUT2D eigenvalue weighted by atomic mass is 16.5. The number of carbonyl (C=O) groups excluding carboxylic acids is 1. The SMILES string of the molecule is C#CCCC(=O)C1CC2COCC(C1)N2C. The number of terminal acetylenes is 1. The summed E-state index contributed by atoms with van der Waals surface area (Å²) >= 11 is 0. The number of morpholine rings is 1. The molecule has 0 saturated carbocycles. The molecule has 0 spiro atoms. The molecule has 0 aliphatic carbocycles. The number of ketones is 1. The molecular weight excluding hydrogens is 202 g/mol. The first-order valence-corrected chi connectivity index (χ1v) is 5.98. The maximum absolute atomic E-state index is 11.9. The monoisotopic (exact) mass is 221 g/mol. The molecule has 2 aliphatic heterocycles. The fourth-order valence-corrected chi connectivity index (χ4v) is 2.76. The van der Waals surface area contributed by atoms with Crippen molar-refractivity contribution in [3.8, 4) is 12.3 Å². The summed E-state index contributed by atoms with van der Waals surface area (Å²) in [6, 6.07) is 0.847. The van der Waals surface area contributed by atoms with Crippen molar-refractivity contribution in [2.24, 2.45) is 5.92 Å². The highest BCUT2D eigenvalue weighted by Crippen LogP contribution is 2.31. The van der Waals surface area contributed by atoms with Gasteiger partial charge in [0.15, 0.2) is 0 Å². The Balaban J connectivity index is 1.94. The molecule has 2 saturated heterocycles. The molecule has 0 N–H and O–H groups in total. The number of hydrogen-bond acceptors (Lipinski definition) is 3. The van der Waals surface area contributed by atoms with Gasteiger partial charge in [0.1, 0.15) is 5.78 Å². The first kappa shape index (κ1) is 11.6. The first-order valence-electron chi connectivity index (χ1n) is 5.98. The lowest BCUT2D eigenvalue weighted by Crippen LogP contribution is -2.55. The Morgan fingerprint density at radius 1 is 1.44 bits per heavy atom. The van der Waals surface area contributed by atoms with Crippen LogP contribution in [0.5, 0.6) is 0 Å². The molecule has 2 heterocycles. The molecule has 2 rings (SSSR count). The number of fused-ring (bicyclic) bond motifs is 2. The van der Waals surface area contributed by atoms with Gasteiger partial charge in [0.25, 0.3) is 0 Å². The van der Waals surface area contributed by atoms with E-state index in [-0.39, 0.29) is 5.92 Å². The van der Waals surface area contributed by atoms with Gasteiger partial charge in [0.2, 0.25) is 0 Å². The third kappa shape index (κ3) is 2.28. The lowest BCUT2D eigenvalue weighted by Gasteiger charge is -2.46. The van der Waals surface area contributed by atoms with Crippen molar-refractivity contribution in [2.75, 3.05) is 20.3 Å². The molecule has 0 aromatic carbocycles. The summed E-state index contributed by atoms with van der Waals surface area (Å²) < 4.78 is 5.53. The summed E-state index contributed by atoms with van der Waals surface area (Å²) in [5.41, 5.74) is 0. The largest absolute Gasteiger partial charge is 0.378 e. The van der Waals surface area contributed by atoms with E-state index >= 15 is 0 Å². The second kappa shape index (κ2) is 4.99. The number of likely N-dealkylation sites (N-methyl/N-ethyl adjacent to an activating group) is 1. The van der Waals surface area contributed by atoms with Gasteiger partial charge < -0.3 is 4.74 Å². The van der Waals surface area contributed by atoms with E-state index in [1.807, 2.05) is 0 Å². The molecule has 2 bridgehead atoms. The molecule has 16 heavy (non-hydrogen) atoms. The van der Waals surface area contributed by atoms with Crippen molar-refractivity contribution in [2.45, 2.75) is 37.8 Å². The molecule has 0 radical (unpaired) electrons. The van der Waals surface area contributed by atoms with E-state index in [0.717, 1.165) is 26.1 Å². The topological polar surface area (TPSA) is 29.5 Å². The summed E-state index contributed by atoms with van der Waals surface area (Å²) in [6.07, 6.45) is 8.20. The fraction of sp³-hybridized carbons (Fsp3) is 0.769. The average molecular weight is 221 g/mol. The van der Waals surface area contributed by atoms with Crippen LogP contribution < -0.4 is 0 Å². The van der Waals surface area contributed by atoms with Crippen molar-refractivity contribution in [1.29, 1.82) is 0 Å². The Hall–Kier alpha value is -0.850. The van der Waals surface area contributed by atoms with Crippen molar-refractivity contribution in [3.05, 3.63) is 0 Å². The molecule has 0 amide bonds. The van der Waals surface area contributed by atoms with E-state index in [1.54, 1.807) is 0 Å². The van der Waals surface area contributed by atoms with Crippen molar-refractivity contribution < 1.29 is 9.53 Å².